The van der Waals surface area contributed by atoms with E-state index in [0.717, 1.165) is 19.6 Å². The van der Waals surface area contributed by atoms with Crippen LogP contribution in [0.3, 0.4) is 0 Å². The number of benzene rings is 1. The zero-order valence-corrected chi connectivity index (χ0v) is 10.8. The molecule has 1 heterocycles. The molecule has 0 saturated carbocycles. The standard InChI is InChI=1S/C9H4Br2FNS/c10-6-1-5(2-7(12)3-6)8-4-14-9(11)13-8/h1-4H. The third kappa shape index (κ3) is 2.21. The van der Waals surface area contributed by atoms with Gasteiger partial charge in [-0.3, -0.25) is 0 Å². The van der Waals surface area contributed by atoms with E-state index >= 15 is 0 Å². The highest BCUT2D eigenvalue weighted by Crippen LogP contribution is 2.27. The smallest absolute Gasteiger partial charge is 0.159 e. The van der Waals surface area contributed by atoms with Crippen LogP contribution < -0.4 is 0 Å². The van der Waals surface area contributed by atoms with Crippen molar-refractivity contribution in [3.05, 3.63) is 37.8 Å². The van der Waals surface area contributed by atoms with E-state index in [1.165, 1.54) is 23.5 Å². The lowest BCUT2D eigenvalue weighted by atomic mass is 10.2. The molecule has 5 heteroatoms. The van der Waals surface area contributed by atoms with Gasteiger partial charge in [0, 0.05) is 15.4 Å². The number of rotatable bonds is 1. The zero-order valence-electron chi connectivity index (χ0n) is 6.80. The van der Waals surface area contributed by atoms with E-state index < -0.39 is 0 Å². The molecule has 0 fully saturated rings. The molecule has 72 valence electrons. The molecule has 0 N–H and O–H groups in total. The summed E-state index contributed by atoms with van der Waals surface area (Å²) >= 11 is 7.99. The lowest BCUT2D eigenvalue weighted by Crippen LogP contribution is -1.80. The van der Waals surface area contributed by atoms with Gasteiger partial charge in [-0.05, 0) is 34.1 Å². The van der Waals surface area contributed by atoms with Crippen LogP contribution in [-0.4, -0.2) is 4.98 Å². The van der Waals surface area contributed by atoms with E-state index in [9.17, 15) is 4.39 Å². The van der Waals surface area contributed by atoms with Crippen LogP contribution in [0.15, 0.2) is 32.0 Å². The van der Waals surface area contributed by atoms with Crippen LogP contribution in [0.25, 0.3) is 11.3 Å². The van der Waals surface area contributed by atoms with Crippen molar-refractivity contribution in [1.29, 1.82) is 0 Å². The molecule has 2 aromatic rings. The van der Waals surface area contributed by atoms with Crippen LogP contribution in [-0.2, 0) is 0 Å². The lowest BCUT2D eigenvalue weighted by Gasteiger charge is -1.98. The summed E-state index contributed by atoms with van der Waals surface area (Å²) in [5.74, 6) is -0.265. The molecule has 0 aliphatic carbocycles. The predicted octanol–water partition coefficient (Wildman–Crippen LogP) is 4.47. The van der Waals surface area contributed by atoms with Crippen molar-refractivity contribution < 1.29 is 4.39 Å². The summed E-state index contributed by atoms with van der Waals surface area (Å²) in [7, 11) is 0. The average Bonchev–Trinajstić information content (AvgIpc) is 2.50. The van der Waals surface area contributed by atoms with Crippen LogP contribution in [0.2, 0.25) is 0 Å². The van der Waals surface area contributed by atoms with Crippen LogP contribution in [0, 0.1) is 5.82 Å². The Kier molecular flexibility index (Phi) is 2.99. The van der Waals surface area contributed by atoms with Gasteiger partial charge in [0.1, 0.15) is 5.82 Å². The Morgan fingerprint density at radius 2 is 2.00 bits per heavy atom. The molecule has 0 aliphatic heterocycles. The number of halogens is 3. The Balaban J connectivity index is 2.51. The van der Waals surface area contributed by atoms with E-state index in [0.29, 0.717) is 0 Å². The normalized spacial score (nSPS) is 10.5. The first-order valence-corrected chi connectivity index (χ1v) is 6.19. The molecule has 0 aliphatic rings. The topological polar surface area (TPSA) is 12.9 Å². The number of nitrogens with zero attached hydrogens (tertiary/aromatic N) is 1. The van der Waals surface area contributed by atoms with Crippen molar-refractivity contribution in [3.8, 4) is 11.3 Å². The molecular formula is C9H4Br2FNS. The van der Waals surface area contributed by atoms with Crippen molar-refractivity contribution in [1.82, 2.24) is 4.98 Å². The molecule has 0 saturated heterocycles. The van der Waals surface area contributed by atoms with Crippen molar-refractivity contribution in [2.24, 2.45) is 0 Å². The van der Waals surface area contributed by atoms with Gasteiger partial charge < -0.3 is 0 Å². The fourth-order valence-corrected chi connectivity index (χ4v) is 2.57. The summed E-state index contributed by atoms with van der Waals surface area (Å²) in [5, 5.41) is 1.88. The molecule has 1 nitrogen and oxygen atoms in total. The fourth-order valence-electron chi connectivity index (χ4n) is 1.09. The molecule has 2 rings (SSSR count). The van der Waals surface area contributed by atoms with Gasteiger partial charge in [0.2, 0.25) is 0 Å². The molecule has 0 atom stereocenters. The summed E-state index contributed by atoms with van der Waals surface area (Å²) in [4.78, 5) is 4.21. The number of hydrogen-bond donors (Lipinski definition) is 0. The Bertz CT molecular complexity index is 449. The number of aromatic nitrogens is 1. The van der Waals surface area contributed by atoms with Gasteiger partial charge in [0.25, 0.3) is 0 Å². The van der Waals surface area contributed by atoms with Gasteiger partial charge in [-0.2, -0.15) is 0 Å². The highest BCUT2D eigenvalue weighted by atomic mass is 79.9. The van der Waals surface area contributed by atoms with Gasteiger partial charge in [-0.15, -0.1) is 11.3 Å². The van der Waals surface area contributed by atoms with E-state index in [2.05, 4.69) is 36.8 Å². The maximum atomic E-state index is 13.1. The summed E-state index contributed by atoms with van der Waals surface area (Å²) in [6, 6.07) is 4.72. The van der Waals surface area contributed by atoms with Crippen LogP contribution in [0.5, 0.6) is 0 Å². The van der Waals surface area contributed by atoms with Crippen LogP contribution in [0.1, 0.15) is 0 Å². The van der Waals surface area contributed by atoms with Gasteiger partial charge in [-0.1, -0.05) is 15.9 Å². The second-order valence-electron chi connectivity index (χ2n) is 2.64. The van der Waals surface area contributed by atoms with Crippen molar-refractivity contribution in [3.63, 3.8) is 0 Å². The molecule has 14 heavy (non-hydrogen) atoms. The minimum Gasteiger partial charge on any atom is -0.229 e. The second-order valence-corrected chi connectivity index (χ2v) is 5.69. The highest BCUT2D eigenvalue weighted by molar-refractivity contribution is 9.11. The summed E-state index contributed by atoms with van der Waals surface area (Å²) in [6.45, 7) is 0. The second kappa shape index (κ2) is 4.08. The molecule has 0 amide bonds. The minimum atomic E-state index is -0.265. The average molecular weight is 337 g/mol. The number of thiazole rings is 1. The highest BCUT2D eigenvalue weighted by Gasteiger charge is 2.05. The van der Waals surface area contributed by atoms with Crippen molar-refractivity contribution >= 4 is 43.2 Å². The first-order valence-electron chi connectivity index (χ1n) is 3.72. The summed E-state index contributed by atoms with van der Waals surface area (Å²) in [6.07, 6.45) is 0. The van der Waals surface area contributed by atoms with E-state index in [4.69, 9.17) is 0 Å². The maximum Gasteiger partial charge on any atom is 0.159 e. The quantitative estimate of drug-likeness (QED) is 0.748. The molecule has 0 unspecified atom stereocenters. The third-order valence-electron chi connectivity index (χ3n) is 1.63. The monoisotopic (exact) mass is 335 g/mol. The van der Waals surface area contributed by atoms with Crippen LogP contribution in [0.4, 0.5) is 4.39 Å². The Labute approximate surface area is 101 Å². The summed E-state index contributed by atoms with van der Waals surface area (Å²) in [5.41, 5.74) is 1.56. The summed E-state index contributed by atoms with van der Waals surface area (Å²) < 4.78 is 14.6. The van der Waals surface area contributed by atoms with Crippen molar-refractivity contribution in [2.45, 2.75) is 0 Å². The molecule has 0 bridgehead atoms. The van der Waals surface area contributed by atoms with E-state index in [-0.39, 0.29) is 5.82 Å². The largest absolute Gasteiger partial charge is 0.229 e. The lowest BCUT2D eigenvalue weighted by molar-refractivity contribution is 0.627. The molecule has 1 aromatic heterocycles. The van der Waals surface area contributed by atoms with E-state index in [1.807, 2.05) is 11.4 Å². The van der Waals surface area contributed by atoms with Crippen LogP contribution >= 0.6 is 43.2 Å². The maximum absolute atomic E-state index is 13.1. The first-order chi connectivity index (χ1) is 6.65. The SMILES string of the molecule is Fc1cc(Br)cc(-c2csc(Br)n2)c1. The van der Waals surface area contributed by atoms with Gasteiger partial charge in [-0.25, -0.2) is 9.37 Å². The van der Waals surface area contributed by atoms with Crippen molar-refractivity contribution in [2.75, 3.05) is 0 Å². The van der Waals surface area contributed by atoms with E-state index in [1.54, 1.807) is 0 Å². The minimum absolute atomic E-state index is 0.265. The van der Waals surface area contributed by atoms with Gasteiger partial charge in [0.05, 0.1) is 5.69 Å². The fraction of sp³-hybridized carbons (Fsp3) is 0. The van der Waals surface area contributed by atoms with Gasteiger partial charge in [0.15, 0.2) is 3.92 Å². The Morgan fingerprint density at radius 1 is 1.21 bits per heavy atom. The Morgan fingerprint density at radius 3 is 2.57 bits per heavy atom. The number of hydrogen-bond acceptors (Lipinski definition) is 2. The third-order valence-corrected chi connectivity index (χ3v) is 3.46. The predicted molar refractivity (Wildman–Crippen MR) is 62.9 cm³/mol. The molecule has 0 radical (unpaired) electrons. The first kappa shape index (κ1) is 10.3. The molecule has 0 spiro atoms. The van der Waals surface area contributed by atoms with Gasteiger partial charge >= 0.3 is 0 Å². The zero-order chi connectivity index (χ0) is 10.1. The Hall–Kier alpha value is -0.260. The molecular weight excluding hydrogens is 333 g/mol. The molecule has 1 aromatic carbocycles.